The highest BCUT2D eigenvalue weighted by Crippen LogP contribution is 2.14. The number of nitrogens with one attached hydrogen (secondary N) is 2. The van der Waals surface area contributed by atoms with Gasteiger partial charge < -0.3 is 14.8 Å². The van der Waals surface area contributed by atoms with E-state index in [4.69, 9.17) is 14.7 Å². The van der Waals surface area contributed by atoms with Crippen LogP contribution in [0.1, 0.15) is 5.56 Å². The first kappa shape index (κ1) is 19.4. The summed E-state index contributed by atoms with van der Waals surface area (Å²) in [4.78, 5) is 34.5. The average molecular weight is 343 g/mol. The number of ether oxygens (including phenoxy) is 2. The molecular formula is C17H17N3O5. The molecule has 0 aliphatic rings. The summed E-state index contributed by atoms with van der Waals surface area (Å²) in [6.07, 6.45) is 2.75. The minimum atomic E-state index is -0.972. The van der Waals surface area contributed by atoms with Gasteiger partial charge in [-0.1, -0.05) is 18.2 Å². The maximum absolute atomic E-state index is 11.8. The number of esters is 1. The summed E-state index contributed by atoms with van der Waals surface area (Å²) in [5.74, 6) is -1.17. The van der Waals surface area contributed by atoms with E-state index in [1.165, 1.54) is 19.3 Å². The van der Waals surface area contributed by atoms with Crippen molar-refractivity contribution in [2.75, 3.05) is 20.3 Å². The van der Waals surface area contributed by atoms with Crippen molar-refractivity contribution in [3.05, 3.63) is 48.1 Å². The number of hydrogen-bond acceptors (Lipinski definition) is 6. The molecule has 0 radical (unpaired) electrons. The third-order valence-electron chi connectivity index (χ3n) is 2.76. The number of amides is 3. The van der Waals surface area contributed by atoms with Crippen molar-refractivity contribution in [1.29, 1.82) is 5.26 Å². The van der Waals surface area contributed by atoms with E-state index in [1.54, 1.807) is 30.3 Å². The SMILES string of the molecule is C=CCNC(=O)NC(=O)COC(=O)C(C#N)=Cc1ccc(OC)cc1. The minimum Gasteiger partial charge on any atom is -0.497 e. The van der Waals surface area contributed by atoms with Crippen LogP contribution in [0.3, 0.4) is 0 Å². The molecule has 0 atom stereocenters. The second-order valence-electron chi connectivity index (χ2n) is 4.57. The van der Waals surface area contributed by atoms with Crippen LogP contribution < -0.4 is 15.4 Å². The quantitative estimate of drug-likeness (QED) is 0.332. The zero-order valence-corrected chi connectivity index (χ0v) is 13.6. The first-order valence-corrected chi connectivity index (χ1v) is 7.11. The summed E-state index contributed by atoms with van der Waals surface area (Å²) >= 11 is 0. The number of nitriles is 1. The molecule has 8 nitrogen and oxygen atoms in total. The highest BCUT2D eigenvalue weighted by molar-refractivity contribution is 6.00. The Morgan fingerprint density at radius 3 is 2.52 bits per heavy atom. The smallest absolute Gasteiger partial charge is 0.349 e. The summed E-state index contributed by atoms with van der Waals surface area (Å²) in [5, 5.41) is 13.3. The van der Waals surface area contributed by atoms with Crippen LogP contribution in [0.25, 0.3) is 6.08 Å². The van der Waals surface area contributed by atoms with E-state index in [-0.39, 0.29) is 12.1 Å². The van der Waals surface area contributed by atoms with Crippen molar-refractivity contribution in [3.8, 4) is 11.8 Å². The largest absolute Gasteiger partial charge is 0.497 e. The molecule has 0 aliphatic carbocycles. The molecule has 0 bridgehead atoms. The highest BCUT2D eigenvalue weighted by atomic mass is 16.5. The monoisotopic (exact) mass is 343 g/mol. The van der Waals surface area contributed by atoms with E-state index in [9.17, 15) is 14.4 Å². The Morgan fingerprint density at radius 2 is 1.96 bits per heavy atom. The van der Waals surface area contributed by atoms with Crippen molar-refractivity contribution < 1.29 is 23.9 Å². The van der Waals surface area contributed by atoms with Crippen LogP contribution in [0.4, 0.5) is 4.79 Å². The van der Waals surface area contributed by atoms with Crippen LogP contribution >= 0.6 is 0 Å². The van der Waals surface area contributed by atoms with Crippen LogP contribution in [0.2, 0.25) is 0 Å². The lowest BCUT2D eigenvalue weighted by Gasteiger charge is -2.06. The fourth-order valence-corrected chi connectivity index (χ4v) is 1.58. The molecule has 130 valence electrons. The second-order valence-corrected chi connectivity index (χ2v) is 4.57. The van der Waals surface area contributed by atoms with E-state index in [0.717, 1.165) is 0 Å². The predicted octanol–water partition coefficient (Wildman–Crippen LogP) is 1.16. The van der Waals surface area contributed by atoms with Gasteiger partial charge in [0.15, 0.2) is 6.61 Å². The lowest BCUT2D eigenvalue weighted by Crippen LogP contribution is -2.41. The Hall–Kier alpha value is -3.60. The molecule has 3 amide bonds. The summed E-state index contributed by atoms with van der Waals surface area (Å²) in [6.45, 7) is 2.89. The van der Waals surface area contributed by atoms with Gasteiger partial charge in [0.25, 0.3) is 5.91 Å². The lowest BCUT2D eigenvalue weighted by atomic mass is 10.1. The molecule has 1 rings (SSSR count). The Balaban J connectivity index is 2.59. The third kappa shape index (κ3) is 7.00. The van der Waals surface area contributed by atoms with Crippen LogP contribution in [0.5, 0.6) is 5.75 Å². The number of carbonyl (C=O) groups is 3. The van der Waals surface area contributed by atoms with Crippen LogP contribution in [0, 0.1) is 11.3 Å². The van der Waals surface area contributed by atoms with Gasteiger partial charge in [-0.2, -0.15) is 5.26 Å². The molecular weight excluding hydrogens is 326 g/mol. The highest BCUT2D eigenvalue weighted by Gasteiger charge is 2.14. The molecule has 2 N–H and O–H groups in total. The maximum Gasteiger partial charge on any atom is 0.349 e. The van der Waals surface area contributed by atoms with Gasteiger partial charge in [-0.15, -0.1) is 6.58 Å². The number of methoxy groups -OCH3 is 1. The Bertz CT molecular complexity index is 717. The standard InChI is InChI=1S/C17H17N3O5/c1-3-8-19-17(23)20-15(21)11-25-16(22)13(10-18)9-12-4-6-14(24-2)7-5-12/h3-7,9H,1,8,11H2,2H3,(H2,19,20,21,23). The van der Waals surface area contributed by atoms with Crippen molar-refractivity contribution in [3.63, 3.8) is 0 Å². The van der Waals surface area contributed by atoms with E-state index >= 15 is 0 Å². The van der Waals surface area contributed by atoms with E-state index in [0.29, 0.717) is 11.3 Å². The molecule has 0 heterocycles. The Morgan fingerprint density at radius 1 is 1.28 bits per heavy atom. The average Bonchev–Trinajstić information content (AvgIpc) is 2.62. The van der Waals surface area contributed by atoms with Crippen molar-refractivity contribution >= 4 is 24.0 Å². The molecule has 1 aromatic rings. The number of nitrogens with zero attached hydrogens (tertiary/aromatic N) is 1. The van der Waals surface area contributed by atoms with Crippen molar-refractivity contribution in [2.24, 2.45) is 0 Å². The zero-order valence-electron chi connectivity index (χ0n) is 13.6. The van der Waals surface area contributed by atoms with Crippen LogP contribution in [-0.2, 0) is 14.3 Å². The molecule has 1 aromatic carbocycles. The molecule has 0 unspecified atom stereocenters. The number of hydrogen-bond donors (Lipinski definition) is 2. The Labute approximate surface area is 144 Å². The van der Waals surface area contributed by atoms with E-state index in [1.807, 2.05) is 5.32 Å². The molecule has 25 heavy (non-hydrogen) atoms. The fraction of sp³-hybridized carbons (Fsp3) is 0.176. The van der Waals surface area contributed by atoms with Gasteiger partial charge in [0.2, 0.25) is 0 Å². The lowest BCUT2D eigenvalue weighted by molar-refractivity contribution is -0.144. The van der Waals surface area contributed by atoms with Gasteiger partial charge in [0.05, 0.1) is 7.11 Å². The molecule has 0 saturated carbocycles. The molecule has 8 heteroatoms. The van der Waals surface area contributed by atoms with E-state index < -0.39 is 24.5 Å². The van der Waals surface area contributed by atoms with Crippen molar-refractivity contribution in [1.82, 2.24) is 10.6 Å². The number of benzene rings is 1. The van der Waals surface area contributed by atoms with Crippen LogP contribution in [-0.4, -0.2) is 38.2 Å². The first-order valence-electron chi connectivity index (χ1n) is 7.11. The number of rotatable bonds is 7. The van der Waals surface area contributed by atoms with Crippen molar-refractivity contribution in [2.45, 2.75) is 0 Å². The predicted molar refractivity (Wildman–Crippen MR) is 89.3 cm³/mol. The molecule has 0 spiro atoms. The topological polar surface area (TPSA) is 118 Å². The van der Waals surface area contributed by atoms with Gasteiger partial charge in [-0.05, 0) is 23.8 Å². The molecule has 0 aromatic heterocycles. The molecule has 0 aliphatic heterocycles. The fourth-order valence-electron chi connectivity index (χ4n) is 1.58. The normalized spacial score (nSPS) is 10.2. The van der Waals surface area contributed by atoms with Gasteiger partial charge in [-0.25, -0.2) is 9.59 Å². The van der Waals surface area contributed by atoms with Gasteiger partial charge in [0, 0.05) is 6.54 Å². The summed E-state index contributed by atoms with van der Waals surface area (Å²) in [7, 11) is 1.52. The van der Waals surface area contributed by atoms with Gasteiger partial charge in [0.1, 0.15) is 17.4 Å². The van der Waals surface area contributed by atoms with E-state index in [2.05, 4.69) is 11.9 Å². The number of carbonyl (C=O) groups excluding carboxylic acids is 3. The summed E-state index contributed by atoms with van der Waals surface area (Å²) < 4.78 is 9.72. The first-order chi connectivity index (χ1) is 12.0. The minimum absolute atomic E-state index is 0.183. The number of imide groups is 1. The Kier molecular flexibility index (Phi) is 7.95. The van der Waals surface area contributed by atoms with Gasteiger partial charge in [-0.3, -0.25) is 10.1 Å². The van der Waals surface area contributed by atoms with Crippen LogP contribution in [0.15, 0.2) is 42.5 Å². The third-order valence-corrected chi connectivity index (χ3v) is 2.76. The summed E-state index contributed by atoms with van der Waals surface area (Å²) in [6, 6.07) is 7.61. The maximum atomic E-state index is 11.8. The molecule has 0 saturated heterocycles. The summed E-state index contributed by atoms with van der Waals surface area (Å²) in [5.41, 5.74) is 0.302. The molecule has 0 fully saturated rings. The number of urea groups is 1. The van der Waals surface area contributed by atoms with Gasteiger partial charge >= 0.3 is 12.0 Å². The zero-order chi connectivity index (χ0) is 18.7. The second kappa shape index (κ2) is 10.2.